The van der Waals surface area contributed by atoms with Crippen LogP contribution in [0.2, 0.25) is 0 Å². The highest BCUT2D eigenvalue weighted by molar-refractivity contribution is 7.88. The first-order valence-electron chi connectivity index (χ1n) is 10.0. The lowest BCUT2D eigenvalue weighted by Crippen LogP contribution is -2.39. The fraction of sp³-hybridized carbons (Fsp3) is 0.833. The molecule has 1 unspecified atom stereocenters. The quantitative estimate of drug-likeness (QED) is 0.711. The first-order valence-corrected chi connectivity index (χ1v) is 11.9. The number of hydrogen-bond acceptors (Lipinski definition) is 7. The average Bonchev–Trinajstić information content (AvgIpc) is 2.94. The van der Waals surface area contributed by atoms with Gasteiger partial charge in [0.1, 0.15) is 6.04 Å². The van der Waals surface area contributed by atoms with Crippen molar-refractivity contribution in [1.29, 1.82) is 0 Å². The number of nitrogens with zero attached hydrogens (tertiary/aromatic N) is 5. The molecule has 9 nitrogen and oxygen atoms in total. The lowest BCUT2D eigenvalue weighted by atomic mass is 9.93. The van der Waals surface area contributed by atoms with Crippen LogP contribution in [0.4, 0.5) is 0 Å². The molecule has 0 aliphatic carbocycles. The Morgan fingerprint density at radius 3 is 2.43 bits per heavy atom. The molecule has 2 aliphatic heterocycles. The van der Waals surface area contributed by atoms with Gasteiger partial charge in [0.2, 0.25) is 21.8 Å². The summed E-state index contributed by atoms with van der Waals surface area (Å²) in [7, 11) is -3.46. The Morgan fingerprint density at radius 1 is 1.14 bits per heavy atom. The third-order valence-corrected chi connectivity index (χ3v) is 7.12. The van der Waals surface area contributed by atoms with E-state index in [0.29, 0.717) is 43.6 Å². The van der Waals surface area contributed by atoms with Crippen molar-refractivity contribution in [2.24, 2.45) is 5.92 Å². The van der Waals surface area contributed by atoms with Gasteiger partial charge in [0.15, 0.2) is 5.82 Å². The minimum absolute atomic E-state index is 0.116. The van der Waals surface area contributed by atoms with Crippen molar-refractivity contribution in [2.45, 2.75) is 45.6 Å². The first-order chi connectivity index (χ1) is 13.3. The van der Waals surface area contributed by atoms with Crippen molar-refractivity contribution < 1.29 is 17.7 Å². The number of piperidine rings is 1. The largest absolute Gasteiger partial charge is 0.341 e. The summed E-state index contributed by atoms with van der Waals surface area (Å²) in [5, 5.41) is 3.79. The zero-order chi connectivity index (χ0) is 20.3. The summed E-state index contributed by atoms with van der Waals surface area (Å²) in [5.41, 5.74) is 0. The molecule has 158 valence electrons. The van der Waals surface area contributed by atoms with E-state index in [0.717, 1.165) is 32.5 Å². The summed E-state index contributed by atoms with van der Waals surface area (Å²) >= 11 is 0. The molecule has 2 fully saturated rings. The van der Waals surface area contributed by atoms with E-state index in [-0.39, 0.29) is 12.5 Å². The van der Waals surface area contributed by atoms with Gasteiger partial charge >= 0.3 is 0 Å². The van der Waals surface area contributed by atoms with Crippen LogP contribution in [0, 0.1) is 12.8 Å². The second kappa shape index (κ2) is 8.87. The summed E-state index contributed by atoms with van der Waals surface area (Å²) < 4.78 is 31.2. The maximum absolute atomic E-state index is 12.9. The summed E-state index contributed by atoms with van der Waals surface area (Å²) in [6, 6.07) is -0.526. The van der Waals surface area contributed by atoms with Crippen LogP contribution >= 0.6 is 0 Å². The number of rotatable bonds is 5. The van der Waals surface area contributed by atoms with Crippen molar-refractivity contribution in [2.75, 3.05) is 45.5 Å². The van der Waals surface area contributed by atoms with E-state index in [9.17, 15) is 13.2 Å². The molecule has 0 saturated carbocycles. The van der Waals surface area contributed by atoms with E-state index in [4.69, 9.17) is 4.52 Å². The van der Waals surface area contributed by atoms with Crippen LogP contribution in [0.5, 0.6) is 0 Å². The molecule has 0 N–H and O–H groups in total. The Labute approximate surface area is 167 Å². The highest BCUT2D eigenvalue weighted by atomic mass is 32.2. The first kappa shape index (κ1) is 21.2. The summed E-state index contributed by atoms with van der Waals surface area (Å²) in [6.07, 6.45) is 4.28. The van der Waals surface area contributed by atoms with Gasteiger partial charge in [-0.25, -0.2) is 8.42 Å². The molecular formula is C18H31N5O4S. The maximum atomic E-state index is 12.9. The second-order valence-electron chi connectivity index (χ2n) is 7.82. The molecule has 3 rings (SSSR count). The number of amides is 1. The summed E-state index contributed by atoms with van der Waals surface area (Å²) in [4.78, 5) is 21.3. The fourth-order valence-corrected chi connectivity index (χ4v) is 5.20. The van der Waals surface area contributed by atoms with E-state index in [2.05, 4.69) is 22.0 Å². The van der Waals surface area contributed by atoms with Gasteiger partial charge in [-0.15, -0.1) is 0 Å². The van der Waals surface area contributed by atoms with Crippen molar-refractivity contribution in [3.8, 4) is 0 Å². The van der Waals surface area contributed by atoms with E-state index in [1.807, 2.05) is 0 Å². The Bertz CT molecular complexity index is 773. The normalized spacial score (nSPS) is 23.7. The molecule has 2 saturated heterocycles. The fourth-order valence-electron chi connectivity index (χ4n) is 4.13. The Hall–Kier alpha value is -1.52. The molecule has 2 aliphatic rings. The molecule has 1 aromatic rings. The summed E-state index contributed by atoms with van der Waals surface area (Å²) in [6.45, 7) is 8.15. The number of carbonyl (C=O) groups excluding carboxylic acids is 1. The van der Waals surface area contributed by atoms with E-state index in [1.165, 1.54) is 10.6 Å². The third kappa shape index (κ3) is 5.09. The van der Waals surface area contributed by atoms with Gasteiger partial charge in [-0.1, -0.05) is 12.1 Å². The monoisotopic (exact) mass is 413 g/mol. The molecule has 0 radical (unpaired) electrons. The molecule has 1 atom stereocenters. The van der Waals surface area contributed by atoms with E-state index >= 15 is 0 Å². The van der Waals surface area contributed by atoms with E-state index < -0.39 is 16.1 Å². The molecule has 1 aromatic heterocycles. The third-order valence-electron chi connectivity index (χ3n) is 5.84. The lowest BCUT2D eigenvalue weighted by Gasteiger charge is -2.32. The Kier molecular flexibility index (Phi) is 6.72. The number of hydrogen-bond donors (Lipinski definition) is 0. The van der Waals surface area contributed by atoms with Gasteiger partial charge in [-0.3, -0.25) is 4.79 Å². The highest BCUT2D eigenvalue weighted by Gasteiger charge is 2.36. The van der Waals surface area contributed by atoms with Crippen molar-refractivity contribution in [3.63, 3.8) is 0 Å². The Morgan fingerprint density at radius 2 is 1.86 bits per heavy atom. The highest BCUT2D eigenvalue weighted by Crippen LogP contribution is 2.29. The van der Waals surface area contributed by atoms with Gasteiger partial charge in [-0.2, -0.15) is 9.29 Å². The van der Waals surface area contributed by atoms with Crippen LogP contribution in [0.1, 0.15) is 50.4 Å². The Balaban J connectivity index is 1.65. The molecule has 0 bridgehead atoms. The van der Waals surface area contributed by atoms with Crippen LogP contribution in [-0.4, -0.2) is 84.1 Å². The smallest absolute Gasteiger partial charge is 0.245 e. The van der Waals surface area contributed by atoms with Gasteiger partial charge in [-0.05, 0) is 51.7 Å². The second-order valence-corrected chi connectivity index (χ2v) is 9.76. The van der Waals surface area contributed by atoms with Gasteiger partial charge < -0.3 is 14.3 Å². The van der Waals surface area contributed by atoms with E-state index in [1.54, 1.807) is 11.8 Å². The average molecular weight is 414 g/mol. The number of sulfonamides is 1. The standard InChI is InChI=1S/C18H31N5O4S/c1-4-21-8-5-15(6-9-21)13-17(24)22-10-7-16(18-19-14(2)20-27-18)23(12-11-22)28(3,25)26/h15-16H,4-13H2,1-3H3. The molecule has 0 spiro atoms. The zero-order valence-corrected chi connectivity index (χ0v) is 17.8. The van der Waals surface area contributed by atoms with Crippen LogP contribution in [0.25, 0.3) is 0 Å². The van der Waals surface area contributed by atoms with Crippen molar-refractivity contribution in [1.82, 2.24) is 24.2 Å². The molecule has 10 heteroatoms. The number of likely N-dealkylation sites (tertiary alicyclic amines) is 1. The van der Waals surface area contributed by atoms with Crippen LogP contribution in [0.3, 0.4) is 0 Å². The topological polar surface area (TPSA) is 99.8 Å². The van der Waals surface area contributed by atoms with Crippen LogP contribution < -0.4 is 0 Å². The molecule has 3 heterocycles. The minimum atomic E-state index is -3.46. The SMILES string of the molecule is CCN1CCC(CC(=O)N2CCC(c3nc(C)no3)N(S(C)(=O)=O)CC2)CC1. The zero-order valence-electron chi connectivity index (χ0n) is 17.0. The molecular weight excluding hydrogens is 382 g/mol. The summed E-state index contributed by atoms with van der Waals surface area (Å²) in [5.74, 6) is 1.30. The van der Waals surface area contributed by atoms with Crippen LogP contribution in [-0.2, 0) is 14.8 Å². The maximum Gasteiger partial charge on any atom is 0.245 e. The number of carbonyl (C=O) groups is 1. The molecule has 1 amide bonds. The molecule has 0 aromatic carbocycles. The van der Waals surface area contributed by atoms with Gasteiger partial charge in [0.25, 0.3) is 0 Å². The predicted octanol–water partition coefficient (Wildman–Crippen LogP) is 1.04. The van der Waals surface area contributed by atoms with Gasteiger partial charge in [0.05, 0.1) is 6.26 Å². The van der Waals surface area contributed by atoms with Crippen molar-refractivity contribution in [3.05, 3.63) is 11.7 Å². The number of aryl methyl sites for hydroxylation is 1. The number of aromatic nitrogens is 2. The minimum Gasteiger partial charge on any atom is -0.341 e. The predicted molar refractivity (Wildman–Crippen MR) is 104 cm³/mol. The molecule has 28 heavy (non-hydrogen) atoms. The van der Waals surface area contributed by atoms with Gasteiger partial charge in [0, 0.05) is 26.1 Å². The van der Waals surface area contributed by atoms with Crippen LogP contribution in [0.15, 0.2) is 4.52 Å². The van der Waals surface area contributed by atoms with Crippen molar-refractivity contribution >= 4 is 15.9 Å². The lowest BCUT2D eigenvalue weighted by molar-refractivity contribution is -0.132.